The van der Waals surface area contributed by atoms with E-state index < -0.39 is 5.95 Å². The van der Waals surface area contributed by atoms with Crippen molar-refractivity contribution in [3.05, 3.63) is 12.0 Å². The molecule has 0 aromatic rings. The third kappa shape index (κ3) is 2.52. The molecule has 0 unspecified atom stereocenters. The Morgan fingerprint density at radius 1 is 1.82 bits per heavy atom. The molecule has 0 amide bonds. The summed E-state index contributed by atoms with van der Waals surface area (Å²) >= 11 is 0. The topological polar surface area (TPSA) is 59.9 Å². The highest BCUT2D eigenvalue weighted by atomic mass is 19.1. The number of nitrogens with zero attached hydrogens (tertiary/aromatic N) is 2. The molecule has 1 heterocycles. The van der Waals surface area contributed by atoms with Gasteiger partial charge in [-0.1, -0.05) is 0 Å². The second kappa shape index (κ2) is 3.89. The standard InChI is InChI=1S/C5H9FN4O/c6-5-1-2-7-10(9-5)8-3-4-11/h1-2,8-9,11H,3-4H2. The van der Waals surface area contributed by atoms with Crippen LogP contribution in [0.4, 0.5) is 4.39 Å². The highest BCUT2D eigenvalue weighted by Crippen LogP contribution is 1.94. The lowest BCUT2D eigenvalue weighted by molar-refractivity contribution is 0.108. The number of hydrazone groups is 1. The van der Waals surface area contributed by atoms with Gasteiger partial charge in [0.2, 0.25) is 5.95 Å². The maximum absolute atomic E-state index is 12.4. The van der Waals surface area contributed by atoms with Crippen molar-refractivity contribution < 1.29 is 9.50 Å². The van der Waals surface area contributed by atoms with Crippen LogP contribution in [-0.4, -0.2) is 29.7 Å². The van der Waals surface area contributed by atoms with Gasteiger partial charge < -0.3 is 5.11 Å². The Morgan fingerprint density at radius 3 is 3.27 bits per heavy atom. The van der Waals surface area contributed by atoms with E-state index in [0.29, 0.717) is 6.54 Å². The van der Waals surface area contributed by atoms with Gasteiger partial charge in [-0.15, -0.1) is 10.3 Å². The summed E-state index contributed by atoms with van der Waals surface area (Å²) in [5, 5.41) is 13.2. The van der Waals surface area contributed by atoms with Crippen LogP contribution in [0, 0.1) is 0 Å². The van der Waals surface area contributed by atoms with Crippen molar-refractivity contribution in [2.24, 2.45) is 5.10 Å². The minimum atomic E-state index is -0.495. The van der Waals surface area contributed by atoms with Gasteiger partial charge in [0.15, 0.2) is 0 Å². The third-order valence-corrected chi connectivity index (χ3v) is 0.989. The molecule has 1 aliphatic rings. The summed E-state index contributed by atoms with van der Waals surface area (Å²) in [5.41, 5.74) is 4.85. The van der Waals surface area contributed by atoms with Crippen LogP contribution < -0.4 is 10.9 Å². The van der Waals surface area contributed by atoms with Crippen molar-refractivity contribution in [3.8, 4) is 0 Å². The van der Waals surface area contributed by atoms with Crippen molar-refractivity contribution in [2.45, 2.75) is 0 Å². The highest BCUT2D eigenvalue weighted by Gasteiger charge is 2.03. The molecule has 0 fully saturated rings. The van der Waals surface area contributed by atoms with E-state index in [1.54, 1.807) is 0 Å². The van der Waals surface area contributed by atoms with E-state index in [1.807, 2.05) is 0 Å². The van der Waals surface area contributed by atoms with E-state index in [4.69, 9.17) is 5.11 Å². The molecule has 0 aromatic heterocycles. The van der Waals surface area contributed by atoms with E-state index >= 15 is 0 Å². The van der Waals surface area contributed by atoms with Gasteiger partial charge in [0.05, 0.1) is 12.8 Å². The van der Waals surface area contributed by atoms with Crippen LogP contribution in [-0.2, 0) is 0 Å². The average Bonchev–Trinajstić information content (AvgIpc) is 2.01. The molecule has 1 aliphatic heterocycles. The van der Waals surface area contributed by atoms with Crippen molar-refractivity contribution in [1.29, 1.82) is 0 Å². The van der Waals surface area contributed by atoms with Gasteiger partial charge in [0.25, 0.3) is 0 Å². The predicted molar refractivity (Wildman–Crippen MR) is 37.7 cm³/mol. The Labute approximate surface area is 63.1 Å². The van der Waals surface area contributed by atoms with Gasteiger partial charge in [0.1, 0.15) is 0 Å². The summed E-state index contributed by atoms with van der Waals surface area (Å²) in [6.07, 6.45) is 2.49. The van der Waals surface area contributed by atoms with Gasteiger partial charge in [-0.3, -0.25) is 0 Å². The summed E-state index contributed by atoms with van der Waals surface area (Å²) in [5.74, 6) is -0.495. The van der Waals surface area contributed by atoms with Crippen molar-refractivity contribution in [3.63, 3.8) is 0 Å². The maximum atomic E-state index is 12.4. The molecule has 0 aromatic carbocycles. The molecule has 0 atom stereocenters. The second-order valence-corrected chi connectivity index (χ2v) is 1.83. The molecule has 62 valence electrons. The Balaban J connectivity index is 2.28. The van der Waals surface area contributed by atoms with Gasteiger partial charge >= 0.3 is 0 Å². The lowest BCUT2D eigenvalue weighted by Gasteiger charge is -2.21. The molecule has 0 aliphatic carbocycles. The van der Waals surface area contributed by atoms with Crippen molar-refractivity contribution in [1.82, 2.24) is 16.1 Å². The predicted octanol–water partition coefficient (Wildman–Crippen LogP) is -0.900. The molecule has 0 saturated carbocycles. The monoisotopic (exact) mass is 160 g/mol. The number of hydrazine groups is 2. The molecule has 3 N–H and O–H groups in total. The van der Waals surface area contributed by atoms with Crippen LogP contribution in [0.2, 0.25) is 0 Å². The van der Waals surface area contributed by atoms with Crippen LogP contribution >= 0.6 is 0 Å². The normalized spacial score (nSPS) is 16.2. The Hall–Kier alpha value is -1.14. The summed E-state index contributed by atoms with van der Waals surface area (Å²) in [6.45, 7) is 0.288. The second-order valence-electron chi connectivity index (χ2n) is 1.83. The Kier molecular flexibility index (Phi) is 2.82. The van der Waals surface area contributed by atoms with Gasteiger partial charge in [-0.05, 0) is 0 Å². The van der Waals surface area contributed by atoms with E-state index in [1.165, 1.54) is 12.3 Å². The first-order valence-corrected chi connectivity index (χ1v) is 3.14. The van der Waals surface area contributed by atoms with E-state index in [2.05, 4.69) is 16.0 Å². The summed E-state index contributed by atoms with van der Waals surface area (Å²) < 4.78 is 12.4. The van der Waals surface area contributed by atoms with E-state index in [0.717, 1.165) is 5.23 Å². The zero-order valence-electron chi connectivity index (χ0n) is 5.79. The SMILES string of the molecule is OCCNN1N=CC=C(F)N1. The van der Waals surface area contributed by atoms with Crippen LogP contribution in [0.25, 0.3) is 0 Å². The molecule has 6 heteroatoms. The van der Waals surface area contributed by atoms with Gasteiger partial charge in [-0.2, -0.15) is 9.82 Å². The number of rotatable bonds is 3. The fourth-order valence-corrected chi connectivity index (χ4v) is 0.569. The number of allylic oxidation sites excluding steroid dienone is 1. The van der Waals surface area contributed by atoms with Crippen molar-refractivity contribution in [2.75, 3.05) is 13.2 Å². The molecular weight excluding hydrogens is 151 g/mol. The average molecular weight is 160 g/mol. The molecule has 0 saturated heterocycles. The first-order chi connectivity index (χ1) is 5.33. The smallest absolute Gasteiger partial charge is 0.209 e. The molecule has 0 spiro atoms. The first kappa shape index (κ1) is 7.96. The fourth-order valence-electron chi connectivity index (χ4n) is 0.569. The summed E-state index contributed by atoms with van der Waals surface area (Å²) in [6, 6.07) is 0. The van der Waals surface area contributed by atoms with E-state index in [9.17, 15) is 4.39 Å². The largest absolute Gasteiger partial charge is 0.395 e. The number of nitrogens with one attached hydrogen (secondary N) is 2. The number of hydrogen-bond donors (Lipinski definition) is 3. The third-order valence-electron chi connectivity index (χ3n) is 0.989. The first-order valence-electron chi connectivity index (χ1n) is 3.14. The number of aliphatic hydroxyl groups is 1. The molecule has 0 bridgehead atoms. The number of hydrogen-bond acceptors (Lipinski definition) is 5. The van der Waals surface area contributed by atoms with E-state index in [-0.39, 0.29) is 6.61 Å². The Morgan fingerprint density at radius 2 is 2.64 bits per heavy atom. The minimum Gasteiger partial charge on any atom is -0.395 e. The lowest BCUT2D eigenvalue weighted by atomic mass is 10.6. The number of halogens is 1. The zero-order valence-corrected chi connectivity index (χ0v) is 5.79. The van der Waals surface area contributed by atoms with Crippen LogP contribution in [0.15, 0.2) is 17.1 Å². The minimum absolute atomic E-state index is 0.0287. The van der Waals surface area contributed by atoms with Crippen LogP contribution in [0.5, 0.6) is 0 Å². The Bertz CT molecular complexity index is 181. The lowest BCUT2D eigenvalue weighted by Crippen LogP contribution is -2.45. The molecular formula is C5H9FN4O. The van der Waals surface area contributed by atoms with Gasteiger partial charge in [-0.25, -0.2) is 5.43 Å². The fraction of sp³-hybridized carbons (Fsp3) is 0.400. The quantitative estimate of drug-likeness (QED) is 0.468. The molecule has 11 heavy (non-hydrogen) atoms. The number of aliphatic hydroxyl groups excluding tert-OH is 1. The molecule has 1 rings (SSSR count). The highest BCUT2D eigenvalue weighted by molar-refractivity contribution is 5.71. The van der Waals surface area contributed by atoms with Crippen LogP contribution in [0.3, 0.4) is 0 Å². The molecule has 5 nitrogen and oxygen atoms in total. The van der Waals surface area contributed by atoms with Gasteiger partial charge in [0, 0.05) is 12.6 Å². The summed E-state index contributed by atoms with van der Waals surface area (Å²) in [4.78, 5) is 0. The summed E-state index contributed by atoms with van der Waals surface area (Å²) in [7, 11) is 0. The van der Waals surface area contributed by atoms with Crippen LogP contribution in [0.1, 0.15) is 0 Å². The zero-order chi connectivity index (χ0) is 8.10. The maximum Gasteiger partial charge on any atom is 0.209 e. The molecule has 0 radical (unpaired) electrons. The van der Waals surface area contributed by atoms with Crippen molar-refractivity contribution >= 4 is 6.21 Å².